The Bertz CT molecular complexity index is 7190. The number of anilines is 5. The second-order valence-electron chi connectivity index (χ2n) is 28.1. The average Bonchev–Trinajstić information content (AvgIpc) is 1.62. The van der Waals surface area contributed by atoms with Crippen LogP contribution in [0.4, 0.5) is 28.4 Å². The summed E-state index contributed by atoms with van der Waals surface area (Å²) in [6, 6.07) is 149. The number of nitrogens with one attached hydrogen (secondary N) is 1. The zero-order valence-corrected chi connectivity index (χ0v) is 62.0. The summed E-state index contributed by atoms with van der Waals surface area (Å²) in [5.74, 6) is 0. The van der Waals surface area contributed by atoms with E-state index in [4.69, 9.17) is 4.42 Å². The van der Waals surface area contributed by atoms with Crippen molar-refractivity contribution in [1.29, 1.82) is 0 Å². The molecule has 4 aromatic heterocycles. The van der Waals surface area contributed by atoms with Crippen molar-refractivity contribution < 1.29 is 4.42 Å². The Morgan fingerprint density at radius 2 is 0.586 bits per heavy atom. The molecule has 0 fully saturated rings. The minimum absolute atomic E-state index is 0.878. The van der Waals surface area contributed by atoms with Crippen LogP contribution in [0.3, 0.4) is 0 Å². The van der Waals surface area contributed by atoms with Crippen LogP contribution in [0.1, 0.15) is 0 Å². The van der Waals surface area contributed by atoms with Crippen molar-refractivity contribution in [1.82, 2.24) is 13.7 Å². The lowest BCUT2D eigenvalue weighted by atomic mass is 9.98. The van der Waals surface area contributed by atoms with E-state index in [1.807, 2.05) is 18.2 Å². The molecule has 0 bridgehead atoms. The fourth-order valence-electron chi connectivity index (χ4n) is 16.4. The highest BCUT2D eigenvalue weighted by atomic mass is 79.9. The lowest BCUT2D eigenvalue weighted by molar-refractivity contribution is 0.669. The molecule has 22 aromatic rings. The van der Waals surface area contributed by atoms with Gasteiger partial charge in [-0.3, -0.25) is 0 Å². The first-order valence-corrected chi connectivity index (χ1v) is 38.4. The second kappa shape index (κ2) is 28.5. The Balaban J connectivity index is 0.000000118. The molecule has 0 unspecified atom stereocenters. The van der Waals surface area contributed by atoms with Crippen LogP contribution in [0.15, 0.2) is 427 Å². The van der Waals surface area contributed by atoms with E-state index in [-0.39, 0.29) is 0 Å². The highest BCUT2D eigenvalue weighted by Gasteiger charge is 2.24. The summed E-state index contributed by atoms with van der Waals surface area (Å²) >= 11 is 3.52. The van der Waals surface area contributed by atoms with Crippen molar-refractivity contribution >= 4 is 153 Å². The summed E-state index contributed by atoms with van der Waals surface area (Å²) in [7, 11) is 0. The smallest absolute Gasteiger partial charge is 0.160 e. The van der Waals surface area contributed by atoms with Crippen LogP contribution >= 0.6 is 15.9 Å². The van der Waals surface area contributed by atoms with E-state index >= 15 is 0 Å². The molecule has 0 aliphatic carbocycles. The number of nitrogens with zero attached hydrogens (tertiary/aromatic N) is 4. The number of para-hydroxylation sites is 8. The molecule has 0 aliphatic heterocycles. The molecule has 0 saturated heterocycles. The molecular formula is C104H70BrN5O. The number of benzene rings is 18. The summed E-state index contributed by atoms with van der Waals surface area (Å²) in [4.78, 5) is 2.33. The number of hydrogen-bond donors (Lipinski definition) is 1. The first-order valence-electron chi connectivity index (χ1n) is 37.6. The standard InChI is InChI=1S/C50H32N2O.C30H22N2.C24H16BrN/c1-3-15-37(16-4-1)51(46-32-36-14-8-10-20-41(36)49-48-40-19-9-7-13-34(40)26-30-47(48)53-50(46)49)39-27-23-33(24-28-39)35-25-29-45-43(31-35)42-21-11-12-22-44(42)52(45)38-17-5-2-6-18-38;1-3-9-24(10-4-1)31-25-18-15-22(16-19-25)23-17-20-30-28(21-23)27-13-7-8-14-29(27)32(30)26-11-5-2-6-12-26;25-19-13-10-17(11-14-19)18-12-15-24-22(16-18)21-8-4-5-9-23(21)26(24)20-6-2-1-3-7-20/h1-32H;1-21,31H;1-16H. The predicted molar refractivity (Wildman–Crippen MR) is 473 cm³/mol. The van der Waals surface area contributed by atoms with Gasteiger partial charge >= 0.3 is 0 Å². The topological polar surface area (TPSA) is 43.2 Å². The molecule has 18 aromatic carbocycles. The average molecular weight is 1490 g/mol. The zero-order valence-electron chi connectivity index (χ0n) is 60.4. The van der Waals surface area contributed by atoms with E-state index in [0.717, 1.165) is 60.5 Å². The number of hydrogen-bond acceptors (Lipinski definition) is 3. The predicted octanol–water partition coefficient (Wildman–Crippen LogP) is 29.5. The minimum atomic E-state index is 0.878. The summed E-state index contributed by atoms with van der Waals surface area (Å²) < 4.78 is 15.0. The fourth-order valence-corrected chi connectivity index (χ4v) is 16.7. The van der Waals surface area contributed by atoms with Crippen LogP contribution in [0, 0.1) is 0 Å². The largest absolute Gasteiger partial charge is 0.454 e. The summed E-state index contributed by atoms with van der Waals surface area (Å²) in [5.41, 5.74) is 25.2. The molecule has 524 valence electrons. The molecule has 0 radical (unpaired) electrons. The van der Waals surface area contributed by atoms with Crippen LogP contribution in [0.5, 0.6) is 0 Å². The molecule has 6 nitrogen and oxygen atoms in total. The molecule has 0 saturated carbocycles. The van der Waals surface area contributed by atoms with Gasteiger partial charge in [0.25, 0.3) is 0 Å². The summed E-state index contributed by atoms with van der Waals surface area (Å²) in [6.45, 7) is 0. The molecule has 0 atom stereocenters. The quantitative estimate of drug-likeness (QED) is 0.140. The maximum atomic E-state index is 6.88. The van der Waals surface area contributed by atoms with E-state index < -0.39 is 0 Å². The molecule has 111 heavy (non-hydrogen) atoms. The molecule has 0 aliphatic rings. The van der Waals surface area contributed by atoms with Crippen molar-refractivity contribution in [3.05, 3.63) is 423 Å². The Labute approximate surface area is 650 Å². The number of halogens is 1. The molecule has 1 N–H and O–H groups in total. The maximum Gasteiger partial charge on any atom is 0.160 e. The number of rotatable bonds is 11. The Hall–Kier alpha value is -14.2. The van der Waals surface area contributed by atoms with Gasteiger partial charge in [-0.1, -0.05) is 271 Å². The van der Waals surface area contributed by atoms with Gasteiger partial charge in [0, 0.05) is 87.4 Å². The normalized spacial score (nSPS) is 11.5. The molecular weight excluding hydrogens is 1420 g/mol. The van der Waals surface area contributed by atoms with Gasteiger partial charge in [0.2, 0.25) is 0 Å². The third-order valence-electron chi connectivity index (χ3n) is 21.6. The maximum absolute atomic E-state index is 6.88. The number of fused-ring (bicyclic) bond motifs is 16. The Morgan fingerprint density at radius 1 is 0.243 bits per heavy atom. The molecule has 4 heterocycles. The summed E-state index contributed by atoms with van der Waals surface area (Å²) in [5, 5.41) is 18.1. The Kier molecular flexibility index (Phi) is 17.0. The first kappa shape index (κ1) is 66.2. The van der Waals surface area contributed by atoms with Gasteiger partial charge in [0.05, 0.1) is 38.8 Å². The van der Waals surface area contributed by atoms with Gasteiger partial charge in [0.1, 0.15) is 5.58 Å². The van der Waals surface area contributed by atoms with Crippen molar-refractivity contribution in [3.63, 3.8) is 0 Å². The fraction of sp³-hybridized carbons (Fsp3) is 0. The highest BCUT2D eigenvalue weighted by molar-refractivity contribution is 9.10. The number of furan rings is 1. The van der Waals surface area contributed by atoms with Crippen molar-refractivity contribution in [3.8, 4) is 50.4 Å². The van der Waals surface area contributed by atoms with Crippen molar-refractivity contribution in [2.24, 2.45) is 0 Å². The van der Waals surface area contributed by atoms with Crippen LogP contribution in [0.25, 0.3) is 159 Å². The minimum Gasteiger partial charge on any atom is -0.454 e. The monoisotopic (exact) mass is 1480 g/mol. The van der Waals surface area contributed by atoms with Crippen LogP contribution in [0.2, 0.25) is 0 Å². The van der Waals surface area contributed by atoms with E-state index in [2.05, 4.69) is 440 Å². The number of aromatic nitrogens is 3. The van der Waals surface area contributed by atoms with Gasteiger partial charge in [-0.2, -0.15) is 0 Å². The molecule has 0 spiro atoms. The lowest BCUT2D eigenvalue weighted by Crippen LogP contribution is -2.10. The van der Waals surface area contributed by atoms with Crippen LogP contribution in [-0.4, -0.2) is 13.7 Å². The van der Waals surface area contributed by atoms with Gasteiger partial charge in [-0.25, -0.2) is 0 Å². The van der Waals surface area contributed by atoms with E-state index in [0.29, 0.717) is 0 Å². The molecule has 7 heteroatoms. The summed E-state index contributed by atoms with van der Waals surface area (Å²) in [6.07, 6.45) is 0. The lowest BCUT2D eigenvalue weighted by Gasteiger charge is -2.26. The Morgan fingerprint density at radius 3 is 1.05 bits per heavy atom. The van der Waals surface area contributed by atoms with Gasteiger partial charge in [0.15, 0.2) is 5.58 Å². The van der Waals surface area contributed by atoms with Gasteiger partial charge in [-0.05, 0) is 219 Å². The van der Waals surface area contributed by atoms with Crippen LogP contribution < -0.4 is 10.2 Å². The molecule has 22 rings (SSSR count). The van der Waals surface area contributed by atoms with E-state index in [1.165, 1.54) is 132 Å². The van der Waals surface area contributed by atoms with Crippen molar-refractivity contribution in [2.75, 3.05) is 10.2 Å². The molecule has 0 amide bonds. The highest BCUT2D eigenvalue weighted by Crippen LogP contribution is 2.48. The van der Waals surface area contributed by atoms with Gasteiger partial charge < -0.3 is 28.3 Å². The van der Waals surface area contributed by atoms with Crippen molar-refractivity contribution in [2.45, 2.75) is 0 Å². The van der Waals surface area contributed by atoms with E-state index in [9.17, 15) is 0 Å². The van der Waals surface area contributed by atoms with Gasteiger partial charge in [-0.15, -0.1) is 0 Å². The third-order valence-corrected chi connectivity index (χ3v) is 22.1. The first-order chi connectivity index (χ1) is 55.0. The second-order valence-corrected chi connectivity index (χ2v) is 29.1. The zero-order chi connectivity index (χ0) is 73.7. The SMILES string of the molecule is Brc1ccc(-c2ccc3c(c2)c2ccccc2n3-c2ccccc2)cc1.c1ccc(N(c2ccc(-c3ccc4c(c3)c3ccccc3n4-c3ccccc3)cc2)c2cc3ccccc3c3c2oc2ccc4ccccc4c23)cc1.c1ccc(Nc2ccc(-c3ccc4c(c3)c3ccccc3n4-c3ccccc3)cc2)cc1. The third kappa shape index (κ3) is 12.2. The van der Waals surface area contributed by atoms with E-state index in [1.54, 1.807) is 0 Å². The van der Waals surface area contributed by atoms with Crippen LogP contribution in [-0.2, 0) is 0 Å².